The van der Waals surface area contributed by atoms with Crippen molar-refractivity contribution in [3.63, 3.8) is 0 Å². The third-order valence-electron chi connectivity index (χ3n) is 6.07. The fourth-order valence-corrected chi connectivity index (χ4v) is 4.67. The molecule has 0 N–H and O–H groups in total. The maximum Gasteiger partial charge on any atom is 0.280 e. The van der Waals surface area contributed by atoms with E-state index >= 15 is 0 Å². The number of imidazole rings is 2. The molecule has 0 atom stereocenters. The fourth-order valence-electron chi connectivity index (χ4n) is 4.67. The smallest absolute Gasteiger partial charge is 0.280 e. The lowest BCUT2D eigenvalue weighted by Gasteiger charge is -2.02. The predicted molar refractivity (Wildman–Crippen MR) is 124 cm³/mol. The second-order valence-corrected chi connectivity index (χ2v) is 7.90. The average Bonchev–Trinajstić information content (AvgIpc) is 3.46. The molecule has 0 fully saturated rings. The van der Waals surface area contributed by atoms with Gasteiger partial charge in [-0.2, -0.15) is 0 Å². The Morgan fingerprint density at radius 1 is 0.594 bits per heavy atom. The first-order chi connectivity index (χ1) is 15.7. The summed E-state index contributed by atoms with van der Waals surface area (Å²) in [6, 6.07) is 24.8. The number of hydrogen-bond donors (Lipinski definition) is 0. The van der Waals surface area contributed by atoms with Gasteiger partial charge < -0.3 is 0 Å². The minimum absolute atomic E-state index is 0.204. The summed E-state index contributed by atoms with van der Waals surface area (Å²) < 4.78 is 4.89. The Bertz CT molecular complexity index is 1830. The van der Waals surface area contributed by atoms with Crippen molar-refractivity contribution in [1.82, 2.24) is 23.3 Å². The van der Waals surface area contributed by atoms with Crippen molar-refractivity contribution in [2.24, 2.45) is 0 Å². The van der Waals surface area contributed by atoms with E-state index in [-0.39, 0.29) is 17.7 Å². The summed E-state index contributed by atoms with van der Waals surface area (Å²) in [5.41, 5.74) is 5.03. The molecule has 7 aromatic rings. The molecule has 0 saturated heterocycles. The van der Waals surface area contributed by atoms with Gasteiger partial charge in [0.15, 0.2) is 11.3 Å². The number of benzene rings is 3. The summed E-state index contributed by atoms with van der Waals surface area (Å²) in [6.45, 7) is 0.204. The molecule has 3 aromatic carbocycles. The lowest BCUT2D eigenvalue weighted by molar-refractivity contribution is 0.752. The number of rotatable bonds is 2. The van der Waals surface area contributed by atoms with E-state index in [1.807, 2.05) is 78.9 Å². The molecule has 0 radical (unpaired) electrons. The van der Waals surface area contributed by atoms with E-state index in [1.165, 1.54) is 4.57 Å². The largest absolute Gasteiger partial charge is 0.283 e. The Kier molecular flexibility index (Phi) is 3.23. The molecule has 4 aromatic heterocycles. The molecule has 0 spiro atoms. The topological polar surface area (TPSA) is 73.7 Å². The minimum atomic E-state index is -0.332. The maximum atomic E-state index is 13.7. The SMILES string of the molecule is O=c1c2c(c(=O)n1Cc1ccccc1)n1c3ccccc3nc1c1nc3ccccc3n12. The minimum Gasteiger partial charge on any atom is -0.283 e. The van der Waals surface area contributed by atoms with E-state index in [1.54, 1.807) is 8.80 Å². The quantitative estimate of drug-likeness (QED) is 0.432. The highest BCUT2D eigenvalue weighted by molar-refractivity contribution is 5.98. The van der Waals surface area contributed by atoms with Crippen LogP contribution >= 0.6 is 0 Å². The summed E-state index contributed by atoms with van der Waals surface area (Å²) in [4.78, 5) is 36.9. The van der Waals surface area contributed by atoms with Crippen LogP contribution in [0.3, 0.4) is 0 Å². The van der Waals surface area contributed by atoms with Crippen molar-refractivity contribution < 1.29 is 0 Å². The zero-order valence-electron chi connectivity index (χ0n) is 16.8. The van der Waals surface area contributed by atoms with Crippen molar-refractivity contribution in [2.45, 2.75) is 6.54 Å². The van der Waals surface area contributed by atoms with Crippen molar-refractivity contribution >= 4 is 44.4 Å². The monoisotopic (exact) mass is 417 g/mol. The summed E-state index contributed by atoms with van der Waals surface area (Å²) >= 11 is 0. The number of hydrogen-bond acceptors (Lipinski definition) is 4. The van der Waals surface area contributed by atoms with Crippen molar-refractivity contribution in [1.29, 1.82) is 0 Å². The third kappa shape index (κ3) is 2.09. The van der Waals surface area contributed by atoms with Crippen molar-refractivity contribution in [3.05, 3.63) is 105 Å². The van der Waals surface area contributed by atoms with E-state index in [2.05, 4.69) is 0 Å². The predicted octanol–water partition coefficient (Wildman–Crippen LogP) is 3.45. The molecule has 0 amide bonds. The van der Waals surface area contributed by atoms with Gasteiger partial charge in [-0.25, -0.2) is 9.97 Å². The number of aromatic nitrogens is 5. The van der Waals surface area contributed by atoms with Gasteiger partial charge in [0, 0.05) is 0 Å². The molecule has 7 rings (SSSR count). The summed E-state index contributed by atoms with van der Waals surface area (Å²) in [7, 11) is 0. The van der Waals surface area contributed by atoms with Crippen LogP contribution in [0.4, 0.5) is 0 Å². The summed E-state index contributed by atoms with van der Waals surface area (Å²) in [5, 5.41) is 0. The lowest BCUT2D eigenvalue weighted by Crippen LogP contribution is -2.26. The molecule has 4 heterocycles. The standard InChI is InChI=1S/C25H15N5O2/c31-24-20-21(25(32)28(24)14-15-8-2-1-3-9-15)30-19-13-7-5-11-17(19)27-23(30)22-26-16-10-4-6-12-18(16)29(20)22/h1-13H,14H2. The Labute approximate surface area is 179 Å². The second kappa shape index (κ2) is 6.01. The lowest BCUT2D eigenvalue weighted by atomic mass is 10.2. The van der Waals surface area contributed by atoms with Crippen LogP contribution in [0.5, 0.6) is 0 Å². The van der Waals surface area contributed by atoms with Gasteiger partial charge in [-0.05, 0) is 29.8 Å². The van der Waals surface area contributed by atoms with E-state index < -0.39 is 0 Å². The van der Waals surface area contributed by atoms with Gasteiger partial charge in [0.1, 0.15) is 11.0 Å². The highest BCUT2D eigenvalue weighted by Crippen LogP contribution is 2.27. The van der Waals surface area contributed by atoms with E-state index in [0.717, 1.165) is 27.6 Å². The zero-order valence-corrected chi connectivity index (χ0v) is 16.8. The molecule has 7 nitrogen and oxygen atoms in total. The third-order valence-corrected chi connectivity index (χ3v) is 6.07. The van der Waals surface area contributed by atoms with Gasteiger partial charge in [0.2, 0.25) is 0 Å². The van der Waals surface area contributed by atoms with Gasteiger partial charge in [-0.1, -0.05) is 54.6 Å². The van der Waals surface area contributed by atoms with Gasteiger partial charge >= 0.3 is 0 Å². The molecule has 0 aliphatic rings. The molecule has 0 aliphatic heterocycles. The van der Waals surface area contributed by atoms with Crippen molar-refractivity contribution in [2.75, 3.05) is 0 Å². The zero-order chi connectivity index (χ0) is 21.4. The van der Waals surface area contributed by atoms with Gasteiger partial charge in [0.05, 0.1) is 28.6 Å². The van der Waals surface area contributed by atoms with Crippen LogP contribution in [0, 0.1) is 0 Å². The highest BCUT2D eigenvalue weighted by atomic mass is 16.2. The molecule has 0 aliphatic carbocycles. The first-order valence-electron chi connectivity index (χ1n) is 10.3. The van der Waals surface area contributed by atoms with Gasteiger partial charge in [-0.15, -0.1) is 0 Å². The molecular weight excluding hydrogens is 402 g/mol. The molecule has 0 bridgehead atoms. The molecule has 0 unspecified atom stereocenters. The Morgan fingerprint density at radius 2 is 1.06 bits per heavy atom. The first kappa shape index (κ1) is 17.2. The van der Waals surface area contributed by atoms with E-state index in [0.29, 0.717) is 22.3 Å². The Morgan fingerprint density at radius 3 is 1.59 bits per heavy atom. The van der Waals surface area contributed by atoms with Crippen LogP contribution in [0.15, 0.2) is 88.5 Å². The Hall–Kier alpha value is -4.52. The fraction of sp³-hybridized carbons (Fsp3) is 0.0400. The van der Waals surface area contributed by atoms with Gasteiger partial charge in [-0.3, -0.25) is 23.0 Å². The van der Waals surface area contributed by atoms with Crippen LogP contribution in [0.25, 0.3) is 44.4 Å². The first-order valence-corrected chi connectivity index (χ1v) is 10.3. The second-order valence-electron chi connectivity index (χ2n) is 7.90. The summed E-state index contributed by atoms with van der Waals surface area (Å²) in [5.74, 6) is 0. The average molecular weight is 417 g/mol. The van der Waals surface area contributed by atoms with Crippen LogP contribution in [0.1, 0.15) is 5.56 Å². The van der Waals surface area contributed by atoms with E-state index in [9.17, 15) is 9.59 Å². The molecule has 32 heavy (non-hydrogen) atoms. The number of para-hydroxylation sites is 4. The van der Waals surface area contributed by atoms with Crippen LogP contribution < -0.4 is 11.1 Å². The van der Waals surface area contributed by atoms with E-state index in [4.69, 9.17) is 9.97 Å². The molecular formula is C25H15N5O2. The normalized spacial score (nSPS) is 12.1. The van der Waals surface area contributed by atoms with Crippen molar-refractivity contribution in [3.8, 4) is 0 Å². The maximum absolute atomic E-state index is 13.7. The molecule has 0 saturated carbocycles. The Balaban J connectivity index is 1.77. The molecule has 152 valence electrons. The van der Waals surface area contributed by atoms with Crippen LogP contribution in [-0.2, 0) is 6.54 Å². The van der Waals surface area contributed by atoms with Crippen LogP contribution in [-0.4, -0.2) is 23.3 Å². The number of fused-ring (bicyclic) bond motifs is 10. The van der Waals surface area contributed by atoms with Crippen LogP contribution in [0.2, 0.25) is 0 Å². The molecule has 7 heteroatoms. The van der Waals surface area contributed by atoms with Gasteiger partial charge in [0.25, 0.3) is 11.1 Å². The number of nitrogens with zero attached hydrogens (tertiary/aromatic N) is 5. The highest BCUT2D eigenvalue weighted by Gasteiger charge is 2.24. The summed E-state index contributed by atoms with van der Waals surface area (Å²) in [6.07, 6.45) is 0.